The number of amides is 6. The number of hydrogen-bond acceptors (Lipinski definition) is 14. The molecule has 4 saturated heterocycles. The van der Waals surface area contributed by atoms with E-state index in [4.69, 9.17) is 9.97 Å². The topological polar surface area (TPSA) is 231 Å². The molecule has 5 aliphatic heterocycles. The van der Waals surface area contributed by atoms with Crippen molar-refractivity contribution < 1.29 is 38.3 Å². The number of aliphatic hydroxyl groups is 1. The number of aliphatic hydroxyl groups excluding tert-OH is 1. The number of carbonyl (C=O) groups excluding carboxylic acids is 6. The lowest BCUT2D eigenvalue weighted by molar-refractivity contribution is -0.144. The van der Waals surface area contributed by atoms with Gasteiger partial charge in [-0.15, -0.1) is 11.3 Å². The number of benzene rings is 3. The highest BCUT2D eigenvalue weighted by Crippen LogP contribution is 2.52. The number of carbonyl (C=O) groups is 6. The third-order valence-corrected chi connectivity index (χ3v) is 22.1. The highest BCUT2D eigenvalue weighted by atomic mass is 32.1. The summed E-state index contributed by atoms with van der Waals surface area (Å²) in [5.74, 6) is -1.20. The van der Waals surface area contributed by atoms with E-state index in [1.807, 2.05) is 114 Å². The van der Waals surface area contributed by atoms with Gasteiger partial charge in [-0.2, -0.15) is 0 Å². The zero-order chi connectivity index (χ0) is 68.1. The molecule has 3 aromatic carbocycles. The highest BCUT2D eigenvalue weighted by Gasteiger charge is 2.56. The molecular weight excluding hydrogens is 1230 g/mol. The van der Waals surface area contributed by atoms with E-state index in [1.54, 1.807) is 24.6 Å². The average molecular weight is 1330 g/mol. The molecule has 1 unspecified atom stereocenters. The van der Waals surface area contributed by atoms with Gasteiger partial charge in [0.1, 0.15) is 23.4 Å². The number of β-amino-alcohol motifs (C(OH)–C–C–N with tert-alkyl or cyclic N) is 1. The Kier molecular flexibility index (Phi) is 20.0. The number of pyridine rings is 1. The van der Waals surface area contributed by atoms with E-state index in [0.717, 1.165) is 77.3 Å². The van der Waals surface area contributed by atoms with E-state index in [1.165, 1.54) is 36.3 Å². The van der Waals surface area contributed by atoms with E-state index in [9.17, 15) is 29.1 Å². The monoisotopic (exact) mass is 1330 g/mol. The SMILES string of the molecule is Cc1cc(F)c(Nc2nc(-c3ccc4c(c3)N(C3CC(N5CCCCC5)C3)C(=O)C43CCN(C(=O)CCC4CCCN(CC(=O)N[C@H](C(=O)N5C[C@H](O)C[C@H]5C(=O)N[C@@H](C)c5ccc(-c6scnc6C)cc5)C(C)(C)C)C4)CC3)cc3ncn(C(C)C)c23)cc1C(=O)NC(C)C. The molecule has 0 radical (unpaired) electrons. The van der Waals surface area contributed by atoms with Gasteiger partial charge < -0.3 is 50.5 Å². The number of anilines is 3. The molecule has 1 spiro atoms. The van der Waals surface area contributed by atoms with Gasteiger partial charge in [-0.1, -0.05) is 63.6 Å². The van der Waals surface area contributed by atoms with E-state index >= 15 is 9.18 Å². The van der Waals surface area contributed by atoms with Gasteiger partial charge in [0.15, 0.2) is 5.82 Å². The fraction of sp³-hybridized carbons (Fsp3) is 0.554. The molecule has 12 rings (SSSR count). The van der Waals surface area contributed by atoms with Gasteiger partial charge in [0.25, 0.3) is 5.91 Å². The molecule has 5 atom stereocenters. The van der Waals surface area contributed by atoms with Gasteiger partial charge in [0, 0.05) is 80.0 Å². The Bertz CT molecular complexity index is 3900. The first kappa shape index (κ1) is 68.3. The smallest absolute Gasteiger partial charge is 0.251 e. The summed E-state index contributed by atoms with van der Waals surface area (Å²) in [5.41, 5.74) is 8.72. The molecule has 22 heteroatoms. The van der Waals surface area contributed by atoms with Crippen LogP contribution in [0.2, 0.25) is 0 Å². The summed E-state index contributed by atoms with van der Waals surface area (Å²) in [4.78, 5) is 111. The van der Waals surface area contributed by atoms with Crippen LogP contribution in [0.5, 0.6) is 0 Å². The van der Waals surface area contributed by atoms with Gasteiger partial charge >= 0.3 is 0 Å². The van der Waals surface area contributed by atoms with Gasteiger partial charge in [-0.05, 0) is 184 Å². The summed E-state index contributed by atoms with van der Waals surface area (Å²) in [6.07, 6.45) is 10.1. The molecule has 0 bridgehead atoms. The Morgan fingerprint density at radius 3 is 2.23 bits per heavy atom. The molecule has 5 fully saturated rings. The van der Waals surface area contributed by atoms with Crippen LogP contribution in [0.3, 0.4) is 0 Å². The van der Waals surface area contributed by atoms with Crippen molar-refractivity contribution in [2.24, 2.45) is 11.3 Å². The number of piperidine rings is 3. The lowest BCUT2D eigenvalue weighted by Crippen LogP contribution is -2.59. The predicted octanol–water partition coefficient (Wildman–Crippen LogP) is 10.5. The standard InChI is InChI=1S/C74H96FN13O7S/c1-43(2)78-69(92)55-36-59(57(75)31-45(55)5)81-68-65-60(76-41-87(65)44(3)4)37-58(80-68)51-21-22-56-61(32-51)88(53-33-52(34-53)84-27-12-11-13-28-84)72(95)74(56)24-29-85(30-25-74)64(91)23-16-48-15-14-26-83(38-48)40-63(90)82-67(73(8,9)10)71(94)86-39-54(89)35-62(86)70(93)79-46(6)49-17-19-50(20-18-49)66-47(7)77-42-96-66/h17-22,31-32,36-37,41-44,46,48,52-54,62,67,89H,11-16,23-30,33-35,38-40H2,1-10H3,(H,78,92)(H,79,93)(H,80,81)(H,82,90)/t46-,48?,52?,53?,54+,62-,67+/m0/s1. The van der Waals surface area contributed by atoms with Crippen molar-refractivity contribution in [3.8, 4) is 21.7 Å². The number of halogens is 1. The average Bonchev–Trinajstić information content (AvgIpc) is 1.55. The molecule has 6 aromatic rings. The quantitative estimate of drug-likeness (QED) is 0.0509. The molecule has 3 aromatic heterocycles. The largest absolute Gasteiger partial charge is 0.391 e. The Morgan fingerprint density at radius 1 is 0.812 bits per heavy atom. The van der Waals surface area contributed by atoms with Gasteiger partial charge in [0.2, 0.25) is 29.5 Å². The zero-order valence-corrected chi connectivity index (χ0v) is 58.3. The number of hydrogen-bond donors (Lipinski definition) is 5. The summed E-state index contributed by atoms with van der Waals surface area (Å²) in [7, 11) is 0. The van der Waals surface area contributed by atoms with Crippen molar-refractivity contribution in [2.75, 3.05) is 62.6 Å². The highest BCUT2D eigenvalue weighted by molar-refractivity contribution is 7.13. The van der Waals surface area contributed by atoms with Gasteiger partial charge in [-0.3, -0.25) is 33.7 Å². The summed E-state index contributed by atoms with van der Waals surface area (Å²) < 4.78 is 18.0. The second-order valence-electron chi connectivity index (χ2n) is 29.8. The van der Waals surface area contributed by atoms with Crippen LogP contribution in [0.15, 0.2) is 72.5 Å². The lowest BCUT2D eigenvalue weighted by Gasteiger charge is -2.48. The maximum absolute atomic E-state index is 16.0. The van der Waals surface area contributed by atoms with Crippen LogP contribution in [0.4, 0.5) is 21.6 Å². The molecule has 1 aliphatic carbocycles. The fourth-order valence-corrected chi connectivity index (χ4v) is 16.5. The molecule has 96 heavy (non-hydrogen) atoms. The first-order chi connectivity index (χ1) is 45.8. The zero-order valence-electron chi connectivity index (χ0n) is 57.5. The molecule has 8 heterocycles. The van der Waals surface area contributed by atoms with Crippen molar-refractivity contribution in [1.29, 1.82) is 0 Å². The van der Waals surface area contributed by atoms with Crippen molar-refractivity contribution in [3.63, 3.8) is 0 Å². The van der Waals surface area contributed by atoms with Crippen molar-refractivity contribution >= 4 is 75.0 Å². The van der Waals surface area contributed by atoms with Crippen LogP contribution in [-0.4, -0.2) is 168 Å². The minimum atomic E-state index is -0.964. The Labute approximate surface area is 567 Å². The van der Waals surface area contributed by atoms with Gasteiger partial charge in [0.05, 0.1) is 63.4 Å². The van der Waals surface area contributed by atoms with Crippen LogP contribution >= 0.6 is 11.3 Å². The number of thiazole rings is 1. The van der Waals surface area contributed by atoms with E-state index in [0.29, 0.717) is 91.6 Å². The molecule has 6 amide bonds. The minimum Gasteiger partial charge on any atom is -0.391 e. The fourth-order valence-electron chi connectivity index (χ4n) is 15.7. The molecule has 20 nitrogen and oxygen atoms in total. The first-order valence-electron chi connectivity index (χ1n) is 34.9. The van der Waals surface area contributed by atoms with Crippen molar-refractivity contribution in [2.45, 2.75) is 200 Å². The normalized spacial score (nSPS) is 22.2. The van der Waals surface area contributed by atoms with Crippen LogP contribution < -0.4 is 26.2 Å². The third kappa shape index (κ3) is 14.1. The molecular formula is C74H96FN13O7S. The van der Waals surface area contributed by atoms with Crippen LogP contribution in [-0.2, 0) is 29.4 Å². The second kappa shape index (κ2) is 28.1. The maximum atomic E-state index is 16.0. The second-order valence-corrected chi connectivity index (χ2v) is 30.6. The van der Waals surface area contributed by atoms with Crippen molar-refractivity contribution in [1.82, 2.24) is 55.1 Å². The number of fused-ring (bicyclic) bond motifs is 3. The third-order valence-electron chi connectivity index (χ3n) is 21.2. The molecule has 5 N–H and O–H groups in total. The first-order valence-corrected chi connectivity index (χ1v) is 35.8. The summed E-state index contributed by atoms with van der Waals surface area (Å²) in [5, 5.41) is 23.2. The number of aromatic nitrogens is 4. The number of rotatable bonds is 19. The summed E-state index contributed by atoms with van der Waals surface area (Å²) >= 11 is 1.57. The summed E-state index contributed by atoms with van der Waals surface area (Å²) in [6, 6.07) is 17.1. The Hall–Kier alpha value is -7.66. The van der Waals surface area contributed by atoms with E-state index < -0.39 is 40.7 Å². The minimum absolute atomic E-state index is 0.000573. The predicted molar refractivity (Wildman–Crippen MR) is 372 cm³/mol. The number of likely N-dealkylation sites (tertiary alicyclic amines) is 4. The number of nitrogens with zero attached hydrogens (tertiary/aromatic N) is 9. The maximum Gasteiger partial charge on any atom is 0.251 e. The number of nitrogens with one attached hydrogen (secondary N) is 4. The van der Waals surface area contributed by atoms with E-state index in [2.05, 4.69) is 53.1 Å². The van der Waals surface area contributed by atoms with E-state index in [-0.39, 0.29) is 84.8 Å². The van der Waals surface area contributed by atoms with Gasteiger partial charge in [-0.25, -0.2) is 19.3 Å². The number of imidazole rings is 1. The molecule has 6 aliphatic rings. The molecule has 1 saturated carbocycles. The Morgan fingerprint density at radius 2 is 1.54 bits per heavy atom. The van der Waals surface area contributed by atoms with Crippen molar-refractivity contribution in [3.05, 3.63) is 106 Å². The number of aryl methyl sites for hydroxylation is 2. The lowest BCUT2D eigenvalue weighted by atomic mass is 9.73. The van der Waals surface area contributed by atoms with Crippen LogP contribution in [0.1, 0.15) is 177 Å². The Balaban J connectivity index is 0.694. The molecule has 512 valence electrons. The van der Waals surface area contributed by atoms with Crippen LogP contribution in [0, 0.1) is 31.0 Å². The van der Waals surface area contributed by atoms with Crippen LogP contribution in [0.25, 0.3) is 32.7 Å². The summed E-state index contributed by atoms with van der Waals surface area (Å²) in [6.45, 7) is 23.5.